The Kier molecular flexibility index (Phi) is 6.17. The van der Waals surface area contributed by atoms with Gasteiger partial charge in [-0.2, -0.15) is 26.3 Å². The second kappa shape index (κ2) is 8.68. The lowest BCUT2D eigenvalue weighted by Crippen LogP contribution is -2.10. The van der Waals surface area contributed by atoms with Crippen molar-refractivity contribution in [2.45, 2.75) is 30.6 Å². The zero-order valence-corrected chi connectivity index (χ0v) is 19.2. The van der Waals surface area contributed by atoms with Gasteiger partial charge in [0.1, 0.15) is 5.69 Å². The number of hydrogen-bond acceptors (Lipinski definition) is 3. The maximum atomic E-state index is 13.4. The van der Waals surface area contributed by atoms with Gasteiger partial charge in [0.2, 0.25) is 0 Å². The van der Waals surface area contributed by atoms with E-state index >= 15 is 0 Å². The smallest absolute Gasteiger partial charge is 0.340 e. The molecule has 0 atom stereocenters. The van der Waals surface area contributed by atoms with E-state index in [0.717, 1.165) is 22.8 Å². The number of thioether (sulfide) groups is 1. The van der Waals surface area contributed by atoms with Crippen LogP contribution in [0.1, 0.15) is 24.9 Å². The van der Waals surface area contributed by atoms with E-state index in [1.165, 1.54) is 24.9 Å². The van der Waals surface area contributed by atoms with E-state index in [1.807, 2.05) is 6.92 Å². The molecule has 2 aromatic heterocycles. The molecule has 0 bridgehead atoms. The van der Waals surface area contributed by atoms with Gasteiger partial charge in [0, 0.05) is 41.0 Å². The van der Waals surface area contributed by atoms with E-state index in [9.17, 15) is 26.3 Å². The molecule has 0 amide bonds. The fourth-order valence-corrected chi connectivity index (χ4v) is 4.74. The van der Waals surface area contributed by atoms with Crippen LogP contribution >= 0.6 is 11.8 Å². The van der Waals surface area contributed by atoms with Crippen LogP contribution in [0.2, 0.25) is 0 Å². The predicted octanol–water partition coefficient (Wildman–Crippen LogP) is 6.94. The first-order chi connectivity index (χ1) is 15.9. The summed E-state index contributed by atoms with van der Waals surface area (Å²) in [6.45, 7) is 1.92. The second-order valence-electron chi connectivity index (χ2n) is 7.75. The molecule has 1 aliphatic carbocycles. The summed E-state index contributed by atoms with van der Waals surface area (Å²) < 4.78 is 82.9. The van der Waals surface area contributed by atoms with E-state index in [0.29, 0.717) is 38.5 Å². The molecule has 0 saturated heterocycles. The molecule has 0 saturated carbocycles. The Morgan fingerprint density at radius 2 is 1.65 bits per heavy atom. The summed E-state index contributed by atoms with van der Waals surface area (Å²) in [6, 6.07) is 4.38. The zero-order chi connectivity index (χ0) is 24.8. The number of aryl methyl sites for hydroxylation is 1. The van der Waals surface area contributed by atoms with Crippen molar-refractivity contribution in [2.24, 2.45) is 14.1 Å². The van der Waals surface area contributed by atoms with Gasteiger partial charge < -0.3 is 9.13 Å². The average Bonchev–Trinajstić information content (AvgIpc) is 3.15. The van der Waals surface area contributed by atoms with Gasteiger partial charge in [0.25, 0.3) is 0 Å². The molecule has 1 aromatic carbocycles. The highest BCUT2D eigenvalue weighted by Crippen LogP contribution is 2.39. The lowest BCUT2D eigenvalue weighted by Gasteiger charge is -2.12. The molecule has 0 N–H and O–H groups in total. The van der Waals surface area contributed by atoms with E-state index in [2.05, 4.69) is 10.2 Å². The van der Waals surface area contributed by atoms with E-state index in [4.69, 9.17) is 0 Å². The SMILES string of the molecule is CCSc1cc2c(cc1-c1nnc(C3=CC(C(F)(F)F)=CC=CC3)n1C)cc(C(F)(F)F)n2C. The number of halogens is 6. The molecule has 0 radical (unpaired) electrons. The molecule has 180 valence electrons. The Balaban J connectivity index is 1.86. The van der Waals surface area contributed by atoms with Crippen LogP contribution in [0.5, 0.6) is 0 Å². The minimum atomic E-state index is -4.51. The van der Waals surface area contributed by atoms with Crippen molar-refractivity contribution in [1.29, 1.82) is 0 Å². The number of hydrogen-bond donors (Lipinski definition) is 0. The first kappa shape index (κ1) is 24.2. The monoisotopic (exact) mass is 498 g/mol. The van der Waals surface area contributed by atoms with Gasteiger partial charge in [-0.3, -0.25) is 0 Å². The number of rotatable bonds is 4. The minimum Gasteiger partial charge on any atom is -0.340 e. The van der Waals surface area contributed by atoms with Crippen LogP contribution in [0, 0.1) is 0 Å². The van der Waals surface area contributed by atoms with Crippen LogP contribution < -0.4 is 0 Å². The van der Waals surface area contributed by atoms with Crippen molar-refractivity contribution in [1.82, 2.24) is 19.3 Å². The molecule has 0 fully saturated rings. The summed E-state index contributed by atoms with van der Waals surface area (Å²) in [6.07, 6.45) is -3.79. The number of allylic oxidation sites excluding steroid dienone is 6. The summed E-state index contributed by atoms with van der Waals surface area (Å²) in [7, 11) is 3.00. The van der Waals surface area contributed by atoms with Crippen LogP contribution in [0.4, 0.5) is 26.3 Å². The summed E-state index contributed by atoms with van der Waals surface area (Å²) >= 11 is 1.44. The highest BCUT2D eigenvalue weighted by Gasteiger charge is 2.35. The van der Waals surface area contributed by atoms with Crippen LogP contribution in [-0.4, -0.2) is 31.3 Å². The molecular formula is C23H20F6N4S. The topological polar surface area (TPSA) is 35.6 Å². The number of alkyl halides is 6. The van der Waals surface area contributed by atoms with Gasteiger partial charge in [0.05, 0.1) is 5.57 Å². The third-order valence-electron chi connectivity index (χ3n) is 5.54. The van der Waals surface area contributed by atoms with E-state index in [1.54, 1.807) is 29.8 Å². The van der Waals surface area contributed by atoms with E-state index < -0.39 is 23.6 Å². The maximum Gasteiger partial charge on any atom is 0.431 e. The Labute approximate surface area is 195 Å². The van der Waals surface area contributed by atoms with Crippen LogP contribution in [-0.2, 0) is 20.3 Å². The summed E-state index contributed by atoms with van der Waals surface area (Å²) in [4.78, 5) is 0.706. The van der Waals surface area contributed by atoms with Gasteiger partial charge in [-0.25, -0.2) is 0 Å². The molecule has 0 unspecified atom stereocenters. The number of benzene rings is 1. The Hall–Kier alpha value is -2.95. The van der Waals surface area contributed by atoms with Gasteiger partial charge in [0.15, 0.2) is 11.6 Å². The summed E-state index contributed by atoms with van der Waals surface area (Å²) in [5.74, 6) is 1.28. The molecule has 1 aliphatic rings. The quantitative estimate of drug-likeness (QED) is 0.289. The van der Waals surface area contributed by atoms with Gasteiger partial charge in [-0.05, 0) is 36.4 Å². The third kappa shape index (κ3) is 4.40. The Bertz CT molecular complexity index is 1340. The first-order valence-corrected chi connectivity index (χ1v) is 11.3. The molecular weight excluding hydrogens is 478 g/mol. The van der Waals surface area contributed by atoms with Gasteiger partial charge >= 0.3 is 12.4 Å². The van der Waals surface area contributed by atoms with Crippen molar-refractivity contribution < 1.29 is 26.3 Å². The Morgan fingerprint density at radius 3 is 2.29 bits per heavy atom. The molecule has 4 rings (SSSR count). The van der Waals surface area contributed by atoms with Crippen molar-refractivity contribution in [3.63, 3.8) is 0 Å². The molecule has 2 heterocycles. The van der Waals surface area contributed by atoms with Crippen molar-refractivity contribution >= 4 is 28.2 Å². The highest BCUT2D eigenvalue weighted by atomic mass is 32.2. The van der Waals surface area contributed by atoms with Gasteiger partial charge in [-0.15, -0.1) is 22.0 Å². The fraction of sp³-hybridized carbons (Fsp3) is 0.304. The Morgan fingerprint density at radius 1 is 0.941 bits per heavy atom. The summed E-state index contributed by atoms with van der Waals surface area (Å²) in [5.41, 5.74) is -0.244. The fourth-order valence-electron chi connectivity index (χ4n) is 3.92. The van der Waals surface area contributed by atoms with E-state index in [-0.39, 0.29) is 12.2 Å². The van der Waals surface area contributed by atoms with Crippen molar-refractivity contribution in [3.8, 4) is 11.4 Å². The zero-order valence-electron chi connectivity index (χ0n) is 18.4. The third-order valence-corrected chi connectivity index (χ3v) is 6.48. The number of aromatic nitrogens is 4. The normalized spacial score (nSPS) is 15.0. The molecule has 3 aromatic rings. The lowest BCUT2D eigenvalue weighted by atomic mass is 10.1. The van der Waals surface area contributed by atoms with Crippen molar-refractivity contribution in [2.75, 3.05) is 5.75 Å². The largest absolute Gasteiger partial charge is 0.431 e. The molecule has 4 nitrogen and oxygen atoms in total. The average molecular weight is 498 g/mol. The van der Waals surface area contributed by atoms with Crippen LogP contribution in [0.3, 0.4) is 0 Å². The maximum absolute atomic E-state index is 13.4. The molecule has 0 aliphatic heterocycles. The van der Waals surface area contributed by atoms with Crippen LogP contribution in [0.15, 0.2) is 53.0 Å². The molecule has 11 heteroatoms. The standard InChI is InChI=1S/C23H20F6N4S/c1-4-34-18-12-17-14(11-19(32(17)2)23(27,28)29)10-16(18)21-31-30-20(33(21)3)13-7-5-6-8-15(9-13)22(24,25)26/h5-6,8-12H,4,7H2,1-3H3. The summed E-state index contributed by atoms with van der Waals surface area (Å²) in [5, 5.41) is 8.73. The molecule has 34 heavy (non-hydrogen) atoms. The predicted molar refractivity (Wildman–Crippen MR) is 120 cm³/mol. The van der Waals surface area contributed by atoms with Gasteiger partial charge in [-0.1, -0.05) is 25.2 Å². The highest BCUT2D eigenvalue weighted by molar-refractivity contribution is 7.99. The first-order valence-electron chi connectivity index (χ1n) is 10.3. The van der Waals surface area contributed by atoms with Crippen molar-refractivity contribution in [3.05, 3.63) is 59.6 Å². The second-order valence-corrected chi connectivity index (χ2v) is 9.06. The minimum absolute atomic E-state index is 0.227. The number of fused-ring (bicyclic) bond motifs is 1. The number of nitrogens with zero attached hydrogens (tertiary/aromatic N) is 4. The molecule has 0 spiro atoms. The lowest BCUT2D eigenvalue weighted by molar-refractivity contribution is -0.142. The van der Waals surface area contributed by atoms with Crippen LogP contribution in [0.25, 0.3) is 27.9 Å².